The first kappa shape index (κ1) is 29.3. The van der Waals surface area contributed by atoms with Gasteiger partial charge in [-0.15, -0.1) is 0 Å². The average Bonchev–Trinajstić information content (AvgIpc) is 3.73. The number of rotatable bonds is 9. The summed E-state index contributed by atoms with van der Waals surface area (Å²) in [5, 5.41) is 22.2. The van der Waals surface area contributed by atoms with Crippen molar-refractivity contribution in [1.82, 2.24) is 9.80 Å². The van der Waals surface area contributed by atoms with Gasteiger partial charge in [0, 0.05) is 19.6 Å². The second-order valence-corrected chi connectivity index (χ2v) is 13.3. The maximum atomic E-state index is 14.1. The summed E-state index contributed by atoms with van der Waals surface area (Å²) in [6, 6.07) is 4.06. The summed E-state index contributed by atoms with van der Waals surface area (Å²) in [6.45, 7) is 6.58. The Morgan fingerprint density at radius 2 is 1.79 bits per heavy atom. The van der Waals surface area contributed by atoms with Crippen molar-refractivity contribution in [3.05, 3.63) is 35.1 Å². The molecule has 2 saturated heterocycles. The Morgan fingerprint density at radius 1 is 1.05 bits per heavy atom. The number of hydrogen-bond acceptors (Lipinski definition) is 9. The van der Waals surface area contributed by atoms with Crippen molar-refractivity contribution in [2.75, 3.05) is 40.1 Å². The summed E-state index contributed by atoms with van der Waals surface area (Å²) >= 11 is 0. The molecule has 1 aromatic rings. The van der Waals surface area contributed by atoms with Crippen LogP contribution in [-0.4, -0.2) is 94.8 Å². The Balaban J connectivity index is 1.33. The van der Waals surface area contributed by atoms with Crippen molar-refractivity contribution >= 4 is 11.9 Å². The van der Waals surface area contributed by atoms with E-state index in [0.717, 1.165) is 62.1 Å². The van der Waals surface area contributed by atoms with Gasteiger partial charge in [0.1, 0.15) is 5.76 Å². The lowest BCUT2D eigenvalue weighted by Crippen LogP contribution is -2.50. The van der Waals surface area contributed by atoms with Gasteiger partial charge in [-0.3, -0.25) is 9.69 Å². The highest BCUT2D eigenvalue weighted by Gasteiger charge is 2.59. The molecule has 2 N–H and O–H groups in total. The number of fused-ring (bicyclic) bond motifs is 3. The zero-order chi connectivity index (χ0) is 29.7. The highest BCUT2D eigenvalue weighted by Crippen LogP contribution is 2.55. The normalized spacial score (nSPS) is 27.9. The quantitative estimate of drug-likeness (QED) is 0.423. The minimum atomic E-state index is -2.03. The number of benzene rings is 1. The smallest absolute Gasteiger partial charge is 0.339 e. The molecule has 1 unspecified atom stereocenters. The van der Waals surface area contributed by atoms with Gasteiger partial charge in [0.15, 0.2) is 23.2 Å². The second kappa shape index (κ2) is 11.0. The van der Waals surface area contributed by atoms with Crippen LogP contribution in [0.25, 0.3) is 0 Å². The van der Waals surface area contributed by atoms with Crippen LogP contribution in [0.5, 0.6) is 11.5 Å². The number of aliphatic hydroxyl groups is 2. The van der Waals surface area contributed by atoms with Gasteiger partial charge >= 0.3 is 5.97 Å². The Labute approximate surface area is 247 Å². The molecule has 10 heteroatoms. The number of esters is 1. The van der Waals surface area contributed by atoms with Gasteiger partial charge in [-0.1, -0.05) is 0 Å². The molecular formula is C32H44N2O8. The third-order valence-electron chi connectivity index (χ3n) is 9.86. The van der Waals surface area contributed by atoms with Crippen molar-refractivity contribution in [3.63, 3.8) is 0 Å². The van der Waals surface area contributed by atoms with Gasteiger partial charge in [0.2, 0.25) is 12.7 Å². The fourth-order valence-electron chi connectivity index (χ4n) is 7.72. The molecule has 10 nitrogen and oxygen atoms in total. The first-order valence-electron chi connectivity index (χ1n) is 15.4. The largest absolute Gasteiger partial charge is 0.497 e. The lowest BCUT2D eigenvalue weighted by Gasteiger charge is -2.39. The van der Waals surface area contributed by atoms with E-state index in [9.17, 15) is 19.8 Å². The molecule has 0 bridgehead atoms. The van der Waals surface area contributed by atoms with Gasteiger partial charge in [-0.2, -0.15) is 0 Å². The van der Waals surface area contributed by atoms with Crippen LogP contribution in [0.15, 0.2) is 24.0 Å². The van der Waals surface area contributed by atoms with Crippen LogP contribution < -0.4 is 9.47 Å². The molecule has 0 aromatic heterocycles. The van der Waals surface area contributed by atoms with Gasteiger partial charge in [-0.05, 0) is 101 Å². The SMILES string of the molecule is COC1=CC23CCCN2CCc2cc4c(cc2[C@@H]3[C@@H]1OC(=O)[C@@](O)(CCCC(C)(C)O)CC(=O)N1CCCC1)OCO4. The summed E-state index contributed by atoms with van der Waals surface area (Å²) in [6.07, 6.45) is 6.25. The topological polar surface area (TPSA) is 118 Å². The average molecular weight is 585 g/mol. The number of nitrogens with zero attached hydrogens (tertiary/aromatic N) is 2. The Hall–Kier alpha value is -2.82. The predicted octanol–water partition coefficient (Wildman–Crippen LogP) is 3.03. The molecular weight excluding hydrogens is 540 g/mol. The fourth-order valence-corrected chi connectivity index (χ4v) is 7.72. The van der Waals surface area contributed by atoms with Crippen molar-refractivity contribution in [1.29, 1.82) is 0 Å². The van der Waals surface area contributed by atoms with Gasteiger partial charge in [0.05, 0.1) is 30.6 Å². The molecule has 1 aliphatic carbocycles. The molecule has 42 heavy (non-hydrogen) atoms. The number of likely N-dealkylation sites (tertiary alicyclic amines) is 1. The predicted molar refractivity (Wildman–Crippen MR) is 153 cm³/mol. The lowest BCUT2D eigenvalue weighted by molar-refractivity contribution is -0.177. The summed E-state index contributed by atoms with van der Waals surface area (Å²) in [7, 11) is 1.58. The molecule has 0 saturated carbocycles. The first-order valence-corrected chi connectivity index (χ1v) is 15.4. The number of methoxy groups -OCH3 is 1. The third-order valence-corrected chi connectivity index (χ3v) is 9.86. The molecule has 1 aromatic carbocycles. The molecule has 0 radical (unpaired) electrons. The molecule has 230 valence electrons. The van der Waals surface area contributed by atoms with Gasteiger partial charge in [-0.25, -0.2) is 4.79 Å². The molecule has 4 aliphatic heterocycles. The van der Waals surface area contributed by atoms with Crippen LogP contribution in [0.3, 0.4) is 0 Å². The van der Waals surface area contributed by atoms with Gasteiger partial charge in [0.25, 0.3) is 0 Å². The summed E-state index contributed by atoms with van der Waals surface area (Å²) in [4.78, 5) is 31.5. The number of ether oxygens (including phenoxy) is 4. The van der Waals surface area contributed by atoms with E-state index < -0.39 is 28.8 Å². The van der Waals surface area contributed by atoms with E-state index in [1.807, 2.05) is 12.1 Å². The highest BCUT2D eigenvalue weighted by molar-refractivity contribution is 5.88. The first-order chi connectivity index (χ1) is 20.0. The van der Waals surface area contributed by atoms with E-state index in [2.05, 4.69) is 11.0 Å². The molecule has 1 spiro atoms. The van der Waals surface area contributed by atoms with Crippen molar-refractivity contribution in [2.45, 2.75) is 100 Å². The molecule has 6 rings (SSSR count). The van der Waals surface area contributed by atoms with Crippen LogP contribution in [0, 0.1) is 0 Å². The number of carbonyl (C=O) groups is 2. The van der Waals surface area contributed by atoms with E-state index >= 15 is 0 Å². The van der Waals surface area contributed by atoms with Crippen LogP contribution >= 0.6 is 0 Å². The van der Waals surface area contributed by atoms with Crippen molar-refractivity contribution in [3.8, 4) is 11.5 Å². The number of carbonyl (C=O) groups excluding carboxylic acids is 2. The summed E-state index contributed by atoms with van der Waals surface area (Å²) in [5.41, 5.74) is -1.25. The van der Waals surface area contributed by atoms with E-state index in [1.54, 1.807) is 25.9 Å². The van der Waals surface area contributed by atoms with E-state index in [-0.39, 0.29) is 31.5 Å². The molecule has 4 heterocycles. The molecule has 5 aliphatic rings. The number of amides is 1. The Morgan fingerprint density at radius 3 is 2.50 bits per heavy atom. The monoisotopic (exact) mass is 584 g/mol. The van der Waals surface area contributed by atoms with Crippen LogP contribution in [0.1, 0.15) is 82.3 Å². The maximum Gasteiger partial charge on any atom is 0.339 e. The number of hydrogen-bond donors (Lipinski definition) is 2. The van der Waals surface area contributed by atoms with E-state index in [4.69, 9.17) is 18.9 Å². The Bertz CT molecular complexity index is 1250. The van der Waals surface area contributed by atoms with Crippen molar-refractivity contribution < 1.29 is 38.7 Å². The van der Waals surface area contributed by atoms with E-state index in [0.29, 0.717) is 37.4 Å². The van der Waals surface area contributed by atoms with Crippen LogP contribution in [0.2, 0.25) is 0 Å². The molecule has 2 fully saturated rings. The lowest BCUT2D eigenvalue weighted by atomic mass is 9.77. The summed E-state index contributed by atoms with van der Waals surface area (Å²) in [5.74, 6) is 0.585. The summed E-state index contributed by atoms with van der Waals surface area (Å²) < 4.78 is 23.6. The standard InChI is InChI=1S/C32H44N2O8/c1-30(2,37)9-6-11-32(38,19-26(35)33-12-4-5-13-33)29(36)42-28-25(39-3)18-31-10-7-14-34(31)15-8-21-16-23-24(41-20-40-23)17-22(21)27(28)31/h16-18,27-28,37-38H,4-15,19-20H2,1-3H3/t27-,28-,31?,32-/m1/s1. The minimum Gasteiger partial charge on any atom is -0.497 e. The minimum absolute atomic E-state index is 0.00532. The zero-order valence-corrected chi connectivity index (χ0v) is 25.0. The molecule has 1 amide bonds. The molecule has 4 atom stereocenters. The maximum absolute atomic E-state index is 14.1. The van der Waals surface area contributed by atoms with Gasteiger partial charge < -0.3 is 34.1 Å². The Kier molecular flexibility index (Phi) is 7.68. The highest BCUT2D eigenvalue weighted by atomic mass is 16.7. The zero-order valence-electron chi connectivity index (χ0n) is 25.0. The fraction of sp³-hybridized carbons (Fsp3) is 0.688. The van der Waals surface area contributed by atoms with E-state index in [1.165, 1.54) is 0 Å². The van der Waals surface area contributed by atoms with Crippen LogP contribution in [0.4, 0.5) is 0 Å². The third kappa shape index (κ3) is 5.26. The van der Waals surface area contributed by atoms with Crippen LogP contribution in [-0.2, 0) is 25.5 Å². The second-order valence-electron chi connectivity index (χ2n) is 13.3. The van der Waals surface area contributed by atoms with Crippen molar-refractivity contribution in [2.24, 2.45) is 0 Å².